The van der Waals surface area contributed by atoms with Crippen LogP contribution in [0.2, 0.25) is 0 Å². The zero-order valence-corrected chi connectivity index (χ0v) is 13.2. The molecule has 1 aromatic carbocycles. The summed E-state index contributed by atoms with van der Waals surface area (Å²) < 4.78 is 12.1. The molecule has 3 heteroatoms. The Bertz CT molecular complexity index is 604. The lowest BCUT2D eigenvalue weighted by Gasteiger charge is -2.25. The van der Waals surface area contributed by atoms with Gasteiger partial charge >= 0.3 is 0 Å². The number of rotatable bonds is 5. The smallest absolute Gasteiger partial charge is 0.134 e. The van der Waals surface area contributed by atoms with Gasteiger partial charge in [-0.05, 0) is 50.4 Å². The Hall–Kier alpha value is -1.32. The third-order valence-electron chi connectivity index (χ3n) is 4.38. The van der Waals surface area contributed by atoms with Crippen LogP contribution in [0, 0.1) is 12.8 Å². The SMILES string of the molecule is CCCNC(c1cc2cc(C)ccc2o1)C1OCCC1C. The summed E-state index contributed by atoms with van der Waals surface area (Å²) in [4.78, 5) is 0. The number of nitrogens with one attached hydrogen (secondary N) is 1. The molecule has 2 heterocycles. The predicted molar refractivity (Wildman–Crippen MR) is 85.5 cm³/mol. The second-order valence-electron chi connectivity index (χ2n) is 6.22. The second kappa shape index (κ2) is 6.20. The third kappa shape index (κ3) is 2.99. The summed E-state index contributed by atoms with van der Waals surface area (Å²) in [7, 11) is 0. The van der Waals surface area contributed by atoms with Crippen LogP contribution in [0.3, 0.4) is 0 Å². The Balaban J connectivity index is 1.93. The van der Waals surface area contributed by atoms with Crippen molar-refractivity contribution < 1.29 is 9.15 Å². The first-order valence-electron chi connectivity index (χ1n) is 8.04. The number of aryl methyl sites for hydroxylation is 1. The van der Waals surface area contributed by atoms with Crippen molar-refractivity contribution in [3.63, 3.8) is 0 Å². The van der Waals surface area contributed by atoms with Crippen LogP contribution in [0.4, 0.5) is 0 Å². The number of hydrogen-bond donors (Lipinski definition) is 1. The normalized spacial score (nSPS) is 23.8. The predicted octanol–water partition coefficient (Wildman–Crippen LogP) is 4.21. The summed E-state index contributed by atoms with van der Waals surface area (Å²) in [6.07, 6.45) is 2.45. The minimum atomic E-state index is 0.148. The van der Waals surface area contributed by atoms with E-state index in [0.717, 1.165) is 37.3 Å². The molecule has 3 atom stereocenters. The van der Waals surface area contributed by atoms with Crippen molar-refractivity contribution in [2.24, 2.45) is 5.92 Å². The van der Waals surface area contributed by atoms with Crippen molar-refractivity contribution in [3.05, 3.63) is 35.6 Å². The highest BCUT2D eigenvalue weighted by molar-refractivity contribution is 5.78. The van der Waals surface area contributed by atoms with Gasteiger partial charge in [0.25, 0.3) is 0 Å². The molecule has 2 aromatic rings. The Labute approximate surface area is 126 Å². The van der Waals surface area contributed by atoms with E-state index in [9.17, 15) is 0 Å². The van der Waals surface area contributed by atoms with Gasteiger partial charge < -0.3 is 14.5 Å². The molecule has 3 unspecified atom stereocenters. The molecule has 0 saturated carbocycles. The van der Waals surface area contributed by atoms with Crippen LogP contribution in [0.25, 0.3) is 11.0 Å². The Morgan fingerprint density at radius 1 is 1.33 bits per heavy atom. The maximum absolute atomic E-state index is 6.10. The molecular formula is C18H25NO2. The molecule has 0 radical (unpaired) electrons. The van der Waals surface area contributed by atoms with Crippen LogP contribution in [0.1, 0.15) is 44.1 Å². The molecule has 0 spiro atoms. The van der Waals surface area contributed by atoms with Crippen molar-refractivity contribution in [2.45, 2.75) is 45.8 Å². The molecule has 1 aliphatic heterocycles. The number of furan rings is 1. The van der Waals surface area contributed by atoms with Crippen LogP contribution in [-0.2, 0) is 4.74 Å². The van der Waals surface area contributed by atoms with Gasteiger partial charge in [0, 0.05) is 12.0 Å². The van der Waals surface area contributed by atoms with Gasteiger partial charge in [-0.25, -0.2) is 0 Å². The van der Waals surface area contributed by atoms with E-state index in [1.807, 2.05) is 0 Å². The average Bonchev–Trinajstić information content (AvgIpc) is 3.06. The standard InChI is InChI=1S/C18H25NO2/c1-4-8-19-17(18-13(3)7-9-20-18)16-11-14-10-12(2)5-6-15(14)21-16/h5-6,10-11,13,17-19H,4,7-9H2,1-3H3. The van der Waals surface area contributed by atoms with E-state index in [0.29, 0.717) is 5.92 Å². The molecule has 3 rings (SSSR count). The van der Waals surface area contributed by atoms with E-state index < -0.39 is 0 Å². The highest BCUT2D eigenvalue weighted by Gasteiger charge is 2.34. The first-order chi connectivity index (χ1) is 10.2. The largest absolute Gasteiger partial charge is 0.459 e. The average molecular weight is 287 g/mol. The Kier molecular flexibility index (Phi) is 4.32. The topological polar surface area (TPSA) is 34.4 Å². The van der Waals surface area contributed by atoms with E-state index in [4.69, 9.17) is 9.15 Å². The monoisotopic (exact) mass is 287 g/mol. The number of fused-ring (bicyclic) bond motifs is 1. The summed E-state index contributed by atoms with van der Waals surface area (Å²) >= 11 is 0. The molecule has 1 saturated heterocycles. The summed E-state index contributed by atoms with van der Waals surface area (Å²) in [5.74, 6) is 1.57. The molecular weight excluding hydrogens is 262 g/mol. The molecule has 1 fully saturated rings. The molecule has 114 valence electrons. The van der Waals surface area contributed by atoms with E-state index in [2.05, 4.69) is 50.4 Å². The number of hydrogen-bond acceptors (Lipinski definition) is 3. The zero-order valence-electron chi connectivity index (χ0n) is 13.2. The van der Waals surface area contributed by atoms with Crippen LogP contribution in [-0.4, -0.2) is 19.3 Å². The van der Waals surface area contributed by atoms with Crippen molar-refractivity contribution >= 4 is 11.0 Å². The summed E-state index contributed by atoms with van der Waals surface area (Å²) in [5, 5.41) is 4.79. The van der Waals surface area contributed by atoms with Crippen LogP contribution in [0.5, 0.6) is 0 Å². The van der Waals surface area contributed by atoms with Crippen molar-refractivity contribution in [1.29, 1.82) is 0 Å². The van der Waals surface area contributed by atoms with Gasteiger partial charge in [-0.1, -0.05) is 25.5 Å². The Morgan fingerprint density at radius 2 is 2.19 bits per heavy atom. The fourth-order valence-electron chi connectivity index (χ4n) is 3.16. The highest BCUT2D eigenvalue weighted by atomic mass is 16.5. The lowest BCUT2D eigenvalue weighted by molar-refractivity contribution is 0.0544. The molecule has 0 aliphatic carbocycles. The van der Waals surface area contributed by atoms with Crippen molar-refractivity contribution in [3.8, 4) is 0 Å². The van der Waals surface area contributed by atoms with Gasteiger partial charge in [-0.15, -0.1) is 0 Å². The first-order valence-corrected chi connectivity index (χ1v) is 8.04. The van der Waals surface area contributed by atoms with E-state index in [1.54, 1.807) is 0 Å². The maximum Gasteiger partial charge on any atom is 0.134 e. The van der Waals surface area contributed by atoms with Gasteiger partial charge in [0.1, 0.15) is 11.3 Å². The summed E-state index contributed by atoms with van der Waals surface area (Å²) in [6, 6.07) is 8.65. The fourth-order valence-corrected chi connectivity index (χ4v) is 3.16. The lowest BCUT2D eigenvalue weighted by Crippen LogP contribution is -2.34. The van der Waals surface area contributed by atoms with Crippen molar-refractivity contribution in [1.82, 2.24) is 5.32 Å². The van der Waals surface area contributed by atoms with Gasteiger partial charge in [0.05, 0.1) is 12.1 Å². The van der Waals surface area contributed by atoms with E-state index >= 15 is 0 Å². The lowest BCUT2D eigenvalue weighted by atomic mass is 9.95. The van der Waals surface area contributed by atoms with Gasteiger partial charge in [-0.2, -0.15) is 0 Å². The fraction of sp³-hybridized carbons (Fsp3) is 0.556. The van der Waals surface area contributed by atoms with Crippen LogP contribution < -0.4 is 5.32 Å². The minimum absolute atomic E-state index is 0.148. The maximum atomic E-state index is 6.10. The molecule has 1 N–H and O–H groups in total. The highest BCUT2D eigenvalue weighted by Crippen LogP contribution is 2.34. The van der Waals surface area contributed by atoms with Crippen LogP contribution >= 0.6 is 0 Å². The Morgan fingerprint density at radius 3 is 2.90 bits per heavy atom. The van der Waals surface area contributed by atoms with E-state index in [-0.39, 0.29) is 12.1 Å². The minimum Gasteiger partial charge on any atom is -0.459 e. The second-order valence-corrected chi connectivity index (χ2v) is 6.22. The summed E-state index contributed by atoms with van der Waals surface area (Å²) in [5.41, 5.74) is 2.22. The molecule has 0 bridgehead atoms. The quantitative estimate of drug-likeness (QED) is 0.894. The van der Waals surface area contributed by atoms with Gasteiger partial charge in [-0.3, -0.25) is 0 Å². The third-order valence-corrected chi connectivity index (χ3v) is 4.38. The molecule has 1 aliphatic rings. The molecule has 21 heavy (non-hydrogen) atoms. The van der Waals surface area contributed by atoms with Gasteiger partial charge in [0.2, 0.25) is 0 Å². The van der Waals surface area contributed by atoms with E-state index in [1.165, 1.54) is 10.9 Å². The summed E-state index contributed by atoms with van der Waals surface area (Å²) in [6.45, 7) is 8.40. The number of ether oxygens (including phenoxy) is 1. The number of benzene rings is 1. The zero-order chi connectivity index (χ0) is 14.8. The molecule has 1 aromatic heterocycles. The van der Waals surface area contributed by atoms with Crippen LogP contribution in [0.15, 0.2) is 28.7 Å². The van der Waals surface area contributed by atoms with Gasteiger partial charge in [0.15, 0.2) is 0 Å². The first kappa shape index (κ1) is 14.6. The molecule has 3 nitrogen and oxygen atoms in total. The van der Waals surface area contributed by atoms with Crippen molar-refractivity contribution in [2.75, 3.05) is 13.2 Å². The molecule has 0 amide bonds.